The van der Waals surface area contributed by atoms with E-state index in [1.165, 1.54) is 57.7 Å². The zero-order chi connectivity index (χ0) is 26.1. The van der Waals surface area contributed by atoms with Crippen molar-refractivity contribution in [2.24, 2.45) is 5.10 Å². The van der Waals surface area contributed by atoms with Crippen molar-refractivity contribution in [2.45, 2.75) is 13.0 Å². The lowest BCUT2D eigenvalue weighted by Crippen LogP contribution is -2.33. The van der Waals surface area contributed by atoms with Crippen LogP contribution < -0.4 is 24.4 Å². The number of carbonyl (C=O) groups excluding carboxylic acids is 2. The average molecular weight is 493 g/mol. The third-order valence-corrected chi connectivity index (χ3v) is 4.83. The van der Waals surface area contributed by atoms with Gasteiger partial charge in [-0.1, -0.05) is 0 Å². The van der Waals surface area contributed by atoms with Crippen molar-refractivity contribution in [1.82, 2.24) is 5.43 Å². The van der Waals surface area contributed by atoms with Gasteiger partial charge in [0.2, 0.25) is 0 Å². The Kier molecular flexibility index (Phi) is 8.54. The van der Waals surface area contributed by atoms with E-state index < -0.39 is 22.9 Å². The number of nitro groups is 1. The Morgan fingerprint density at radius 2 is 1.58 bits per heavy atom. The fourth-order valence-corrected chi connectivity index (χ4v) is 2.92. The van der Waals surface area contributed by atoms with Crippen LogP contribution in [0.4, 0.5) is 5.69 Å². The van der Waals surface area contributed by atoms with Gasteiger partial charge in [-0.25, -0.2) is 10.2 Å². The first-order valence-electron chi connectivity index (χ1n) is 10.6. The number of benzene rings is 3. The molecule has 0 heterocycles. The van der Waals surface area contributed by atoms with Crippen molar-refractivity contribution in [3.63, 3.8) is 0 Å². The Balaban J connectivity index is 1.51. The van der Waals surface area contributed by atoms with Gasteiger partial charge in [-0.2, -0.15) is 5.10 Å². The van der Waals surface area contributed by atoms with Gasteiger partial charge >= 0.3 is 5.97 Å². The van der Waals surface area contributed by atoms with Crippen LogP contribution in [0.5, 0.6) is 23.0 Å². The number of ether oxygens (including phenoxy) is 4. The van der Waals surface area contributed by atoms with Crippen molar-refractivity contribution in [2.75, 3.05) is 14.2 Å². The predicted octanol–water partition coefficient (Wildman–Crippen LogP) is 3.75. The Hall–Kier alpha value is -4.93. The van der Waals surface area contributed by atoms with Crippen molar-refractivity contribution in [1.29, 1.82) is 0 Å². The van der Waals surface area contributed by atoms with Gasteiger partial charge in [-0.3, -0.25) is 14.9 Å². The van der Waals surface area contributed by atoms with Crippen LogP contribution in [0, 0.1) is 10.1 Å². The quantitative estimate of drug-likeness (QED) is 0.148. The summed E-state index contributed by atoms with van der Waals surface area (Å²) in [7, 11) is 2.98. The fourth-order valence-electron chi connectivity index (χ4n) is 2.92. The summed E-state index contributed by atoms with van der Waals surface area (Å²) in [6, 6.07) is 16.6. The minimum atomic E-state index is -0.887. The number of nitrogens with zero attached hydrogens (tertiary/aromatic N) is 2. The lowest BCUT2D eigenvalue weighted by Gasteiger charge is -2.12. The molecular formula is C25H23N3O8. The second kappa shape index (κ2) is 12.0. The number of carbonyl (C=O) groups is 2. The van der Waals surface area contributed by atoms with Crippen LogP contribution in [0.2, 0.25) is 0 Å². The Bertz CT molecular complexity index is 1260. The summed E-state index contributed by atoms with van der Waals surface area (Å²) in [5, 5.41) is 14.6. The monoisotopic (exact) mass is 493 g/mol. The van der Waals surface area contributed by atoms with E-state index in [1.54, 1.807) is 36.4 Å². The SMILES string of the molecule is COc1ccc(C(=O)Oc2ccc(C=NNC(=O)C(C)Oc3ccc([N+](=O)[O-])cc3)cc2)cc1OC. The predicted molar refractivity (Wildman–Crippen MR) is 130 cm³/mol. The smallest absolute Gasteiger partial charge is 0.343 e. The molecule has 0 fully saturated rings. The molecule has 1 amide bonds. The van der Waals surface area contributed by atoms with E-state index in [0.29, 0.717) is 34.1 Å². The largest absolute Gasteiger partial charge is 0.493 e. The number of amides is 1. The Labute approximate surface area is 206 Å². The summed E-state index contributed by atoms with van der Waals surface area (Å²) in [6.45, 7) is 1.52. The molecule has 1 atom stereocenters. The molecule has 0 aromatic heterocycles. The highest BCUT2D eigenvalue weighted by molar-refractivity contribution is 5.92. The second-order valence-electron chi connectivity index (χ2n) is 7.27. The molecule has 0 aliphatic carbocycles. The number of non-ortho nitro benzene ring substituents is 1. The number of hydrazone groups is 1. The van der Waals surface area contributed by atoms with Gasteiger partial charge in [0.25, 0.3) is 11.6 Å². The summed E-state index contributed by atoms with van der Waals surface area (Å²) in [5.74, 6) is 0.466. The van der Waals surface area contributed by atoms with Gasteiger partial charge in [0.15, 0.2) is 17.6 Å². The van der Waals surface area contributed by atoms with Crippen LogP contribution in [-0.2, 0) is 4.79 Å². The maximum Gasteiger partial charge on any atom is 0.343 e. The van der Waals surface area contributed by atoms with Crippen LogP contribution >= 0.6 is 0 Å². The summed E-state index contributed by atoms with van der Waals surface area (Å²) < 4.78 is 21.2. The molecule has 3 aromatic carbocycles. The van der Waals surface area contributed by atoms with Gasteiger partial charge < -0.3 is 18.9 Å². The molecule has 0 aliphatic rings. The zero-order valence-electron chi connectivity index (χ0n) is 19.7. The maximum absolute atomic E-state index is 12.4. The van der Waals surface area contributed by atoms with E-state index in [9.17, 15) is 19.7 Å². The second-order valence-corrected chi connectivity index (χ2v) is 7.27. The van der Waals surface area contributed by atoms with E-state index in [1.807, 2.05) is 0 Å². The minimum Gasteiger partial charge on any atom is -0.493 e. The van der Waals surface area contributed by atoms with Crippen LogP contribution in [0.3, 0.4) is 0 Å². The molecule has 0 aliphatic heterocycles. The standard InChI is InChI=1S/C25H23N3O8/c1-16(35-20-11-7-19(8-12-20)28(31)32)24(29)27-26-15-17-4-9-21(10-5-17)36-25(30)18-6-13-22(33-2)23(14-18)34-3/h4-16H,1-3H3,(H,27,29). The van der Waals surface area contributed by atoms with Gasteiger partial charge in [0.05, 0.1) is 30.9 Å². The van der Waals surface area contributed by atoms with Gasteiger partial charge in [-0.05, 0) is 67.1 Å². The van der Waals surface area contributed by atoms with E-state index in [-0.39, 0.29) is 5.69 Å². The molecule has 186 valence electrons. The van der Waals surface area contributed by atoms with Gasteiger partial charge in [0, 0.05) is 12.1 Å². The molecule has 0 saturated heterocycles. The number of esters is 1. The number of hydrogen-bond donors (Lipinski definition) is 1. The lowest BCUT2D eigenvalue weighted by molar-refractivity contribution is -0.384. The first-order valence-corrected chi connectivity index (χ1v) is 10.6. The molecule has 0 saturated carbocycles. The summed E-state index contributed by atoms with van der Waals surface area (Å²) in [5.41, 5.74) is 3.22. The van der Waals surface area contributed by atoms with E-state index in [0.717, 1.165) is 0 Å². The highest BCUT2D eigenvalue weighted by atomic mass is 16.6. The van der Waals surface area contributed by atoms with Crippen molar-refractivity contribution < 1.29 is 33.5 Å². The fraction of sp³-hybridized carbons (Fsp3) is 0.160. The molecule has 0 radical (unpaired) electrons. The van der Waals surface area contributed by atoms with E-state index in [4.69, 9.17) is 18.9 Å². The molecule has 0 spiro atoms. The summed E-state index contributed by atoms with van der Waals surface area (Å²) in [4.78, 5) is 34.8. The van der Waals surface area contributed by atoms with E-state index >= 15 is 0 Å². The number of methoxy groups -OCH3 is 2. The molecule has 11 heteroatoms. The lowest BCUT2D eigenvalue weighted by atomic mass is 10.2. The summed E-state index contributed by atoms with van der Waals surface area (Å²) >= 11 is 0. The molecular weight excluding hydrogens is 470 g/mol. The van der Waals surface area contributed by atoms with Crippen LogP contribution in [-0.4, -0.2) is 43.3 Å². The highest BCUT2D eigenvalue weighted by Crippen LogP contribution is 2.28. The molecule has 1 unspecified atom stereocenters. The van der Waals surface area contributed by atoms with E-state index in [2.05, 4.69) is 10.5 Å². The first-order chi connectivity index (χ1) is 17.3. The van der Waals surface area contributed by atoms with Gasteiger partial charge in [0.1, 0.15) is 11.5 Å². The number of nitrogens with one attached hydrogen (secondary N) is 1. The molecule has 0 bridgehead atoms. The van der Waals surface area contributed by atoms with Gasteiger partial charge in [-0.15, -0.1) is 0 Å². The molecule has 3 rings (SSSR count). The highest BCUT2D eigenvalue weighted by Gasteiger charge is 2.15. The molecule has 1 N–H and O–H groups in total. The van der Waals surface area contributed by atoms with Crippen molar-refractivity contribution >= 4 is 23.8 Å². The third kappa shape index (κ3) is 6.79. The topological polar surface area (TPSA) is 139 Å². The average Bonchev–Trinajstić information content (AvgIpc) is 2.89. The molecule has 36 heavy (non-hydrogen) atoms. The number of nitro benzene ring substituents is 1. The van der Waals surface area contributed by atoms with Crippen LogP contribution in [0.1, 0.15) is 22.8 Å². The van der Waals surface area contributed by atoms with Crippen molar-refractivity contribution in [3.05, 3.63) is 88.0 Å². The Morgan fingerprint density at radius 1 is 0.944 bits per heavy atom. The maximum atomic E-state index is 12.4. The molecule has 3 aromatic rings. The number of rotatable bonds is 10. The molecule has 11 nitrogen and oxygen atoms in total. The van der Waals surface area contributed by atoms with Crippen LogP contribution in [0.15, 0.2) is 71.8 Å². The minimum absolute atomic E-state index is 0.0780. The van der Waals surface area contributed by atoms with Crippen LogP contribution in [0.25, 0.3) is 0 Å². The van der Waals surface area contributed by atoms with Crippen molar-refractivity contribution in [3.8, 4) is 23.0 Å². The normalized spacial score (nSPS) is 11.4. The Morgan fingerprint density at radius 3 is 2.19 bits per heavy atom. The third-order valence-electron chi connectivity index (χ3n) is 4.83. The zero-order valence-corrected chi connectivity index (χ0v) is 19.7. The first kappa shape index (κ1) is 25.7. The summed E-state index contributed by atoms with van der Waals surface area (Å²) in [6.07, 6.45) is 0.526. The number of hydrogen-bond acceptors (Lipinski definition) is 9.